The van der Waals surface area contributed by atoms with Crippen LogP contribution in [-0.2, 0) is 30.4 Å². The van der Waals surface area contributed by atoms with Gasteiger partial charge in [-0.1, -0.05) is 24.3 Å². The van der Waals surface area contributed by atoms with E-state index in [-0.39, 0.29) is 30.4 Å². The molecule has 0 saturated heterocycles. The Labute approximate surface area is 243 Å². The molecule has 0 fully saturated rings. The number of hydrogen-bond donors (Lipinski definition) is 2. The topological polar surface area (TPSA) is 282 Å². The van der Waals surface area contributed by atoms with E-state index in [1.54, 1.807) is 24.8 Å². The molecule has 17 heteroatoms. The fraction of sp³-hybridized carbons (Fsp3) is 0. The van der Waals surface area contributed by atoms with Crippen LogP contribution in [0.4, 0.5) is 0 Å². The number of imidazole rings is 2. The number of fused-ring (bicyclic) bond motifs is 2. The molecule has 4 heterocycles. The quantitative estimate of drug-likeness (QED) is 0.124. The van der Waals surface area contributed by atoms with Gasteiger partial charge < -0.3 is 51.6 Å². The Balaban J connectivity index is 0.000000588. The fourth-order valence-corrected chi connectivity index (χ4v) is 3.20. The summed E-state index contributed by atoms with van der Waals surface area (Å²) < 4.78 is 0. The maximum Gasteiger partial charge on any atom is 2.00 e. The van der Waals surface area contributed by atoms with Gasteiger partial charge in [0.1, 0.15) is 11.6 Å². The summed E-state index contributed by atoms with van der Waals surface area (Å²) in [4.78, 5) is 40.0. The molecule has 0 radical (unpaired) electrons. The van der Waals surface area contributed by atoms with E-state index in [1.165, 1.54) is 0 Å². The minimum Gasteiger partial charge on any atom is -0.457 e. The van der Waals surface area contributed by atoms with Crippen molar-refractivity contribution in [3.8, 4) is 22.8 Å². The molecule has 0 aliphatic rings. The Hall–Kier alpha value is -5.38. The predicted molar refractivity (Wildman–Crippen MR) is 149 cm³/mol. The average Bonchev–Trinajstić information content (AvgIpc) is 3.54. The van der Waals surface area contributed by atoms with Gasteiger partial charge in [0.05, 0.1) is 32.2 Å². The molecule has 4 aromatic heterocycles. The molecule has 6 aromatic rings. The fourth-order valence-electron chi connectivity index (χ4n) is 3.20. The Morgan fingerprint density at radius 2 is 0.829 bits per heavy atom. The second-order valence-corrected chi connectivity index (χ2v) is 7.12. The SMILES string of the molecule is O=[N+]([O-])[O-].O=[N+]([O-])[O-].[OH3+].[OH3+].[Zn+2].c1ccc2[nH]c(-c3ccncc3)nc2c1.c1ccc2[nH]c(-c3ccncc3)nc2c1. The first-order valence-corrected chi connectivity index (χ1v) is 10.7. The minimum absolute atomic E-state index is 0. The maximum atomic E-state index is 8.25. The van der Waals surface area contributed by atoms with Crippen LogP contribution in [0.5, 0.6) is 0 Å². The third-order valence-electron chi connectivity index (χ3n) is 4.69. The molecule has 0 unspecified atom stereocenters. The monoisotopic (exact) mass is 616 g/mol. The van der Waals surface area contributed by atoms with Crippen molar-refractivity contribution in [2.24, 2.45) is 0 Å². The molecule has 0 bridgehead atoms. The number of pyridine rings is 2. The van der Waals surface area contributed by atoms with Gasteiger partial charge in [0.15, 0.2) is 0 Å². The van der Waals surface area contributed by atoms with E-state index in [4.69, 9.17) is 30.6 Å². The van der Waals surface area contributed by atoms with Crippen molar-refractivity contribution >= 4 is 22.1 Å². The van der Waals surface area contributed by atoms with E-state index in [0.717, 1.165) is 44.8 Å². The van der Waals surface area contributed by atoms with Crippen LogP contribution in [0.1, 0.15) is 0 Å². The van der Waals surface area contributed by atoms with Crippen LogP contribution in [0.15, 0.2) is 97.6 Å². The molecule has 0 saturated carbocycles. The van der Waals surface area contributed by atoms with Crippen molar-refractivity contribution < 1.29 is 40.6 Å². The van der Waals surface area contributed by atoms with E-state index < -0.39 is 10.2 Å². The summed E-state index contributed by atoms with van der Waals surface area (Å²) in [5, 5.41) is 29.5. The van der Waals surface area contributed by atoms with Crippen molar-refractivity contribution in [2.45, 2.75) is 0 Å². The Bertz CT molecular complexity index is 1420. The van der Waals surface area contributed by atoms with Gasteiger partial charge in [-0.15, -0.1) is 0 Å². The molecule has 16 nitrogen and oxygen atoms in total. The van der Waals surface area contributed by atoms with Crippen molar-refractivity contribution in [1.82, 2.24) is 29.9 Å². The van der Waals surface area contributed by atoms with Gasteiger partial charge in [-0.25, -0.2) is 9.97 Å². The summed E-state index contributed by atoms with van der Waals surface area (Å²) in [5.41, 5.74) is 6.21. The van der Waals surface area contributed by atoms with Crippen molar-refractivity contribution in [3.63, 3.8) is 0 Å². The smallest absolute Gasteiger partial charge is 0.457 e. The number of benzene rings is 2. The van der Waals surface area contributed by atoms with Crippen LogP contribution in [0, 0.1) is 30.6 Å². The van der Waals surface area contributed by atoms with Crippen LogP contribution in [0.3, 0.4) is 0 Å². The molecule has 6 rings (SSSR count). The third-order valence-corrected chi connectivity index (χ3v) is 4.69. The molecule has 41 heavy (non-hydrogen) atoms. The maximum absolute atomic E-state index is 8.25. The van der Waals surface area contributed by atoms with E-state index in [1.807, 2.05) is 72.8 Å². The standard InChI is InChI=1S/2C12H9N3.2NO3.2H2O.Zn/c2*1-2-4-11-10(3-1)14-12(15-11)9-5-7-13-8-6-9;2*2-1(3)4;;;/h2*1-8H,(H,14,15);;;2*1H2;/q;;2*-1;;;+2/p+2. The van der Waals surface area contributed by atoms with E-state index in [9.17, 15) is 0 Å². The number of nitrogens with one attached hydrogen (secondary N) is 2. The molecule has 0 spiro atoms. The molecule has 0 aliphatic heterocycles. The average molecular weight is 618 g/mol. The summed E-state index contributed by atoms with van der Waals surface area (Å²) in [6.07, 6.45) is 7.07. The Morgan fingerprint density at radius 3 is 1.12 bits per heavy atom. The second-order valence-electron chi connectivity index (χ2n) is 7.12. The molecular weight excluding hydrogens is 594 g/mol. The molecule has 0 amide bonds. The van der Waals surface area contributed by atoms with Gasteiger partial charge in [-0.3, -0.25) is 9.97 Å². The van der Waals surface area contributed by atoms with Crippen LogP contribution in [0.25, 0.3) is 44.8 Å². The van der Waals surface area contributed by atoms with E-state index in [2.05, 4.69) is 29.9 Å². The largest absolute Gasteiger partial charge is 2.00 e. The van der Waals surface area contributed by atoms with Gasteiger partial charge >= 0.3 is 19.5 Å². The van der Waals surface area contributed by atoms with Crippen molar-refractivity contribution in [1.29, 1.82) is 0 Å². The van der Waals surface area contributed by atoms with Crippen molar-refractivity contribution in [2.75, 3.05) is 0 Å². The normalized spacial score (nSPS) is 8.98. The molecule has 208 valence electrons. The minimum atomic E-state index is -1.75. The van der Waals surface area contributed by atoms with Crippen LogP contribution in [-0.4, -0.2) is 40.1 Å². The zero-order valence-electron chi connectivity index (χ0n) is 21.2. The zero-order valence-corrected chi connectivity index (χ0v) is 24.2. The molecule has 8 N–H and O–H groups in total. The summed E-state index contributed by atoms with van der Waals surface area (Å²) in [7, 11) is 0. The number of rotatable bonds is 2. The van der Waals surface area contributed by atoms with Crippen molar-refractivity contribution in [3.05, 3.63) is 128 Å². The number of para-hydroxylation sites is 4. The molecule has 0 atom stereocenters. The van der Waals surface area contributed by atoms with Crippen LogP contribution < -0.4 is 0 Å². The number of H-pyrrole nitrogens is 2. The number of hydrogen-bond acceptors (Lipinski definition) is 10. The van der Waals surface area contributed by atoms with E-state index in [0.29, 0.717) is 0 Å². The first-order chi connectivity index (χ1) is 18.3. The van der Waals surface area contributed by atoms with Gasteiger partial charge in [0, 0.05) is 35.9 Å². The first-order valence-electron chi connectivity index (χ1n) is 10.7. The second kappa shape index (κ2) is 18.0. The van der Waals surface area contributed by atoms with Gasteiger partial charge in [0.2, 0.25) is 0 Å². The third kappa shape index (κ3) is 11.5. The summed E-state index contributed by atoms with van der Waals surface area (Å²) >= 11 is 0. The van der Waals surface area contributed by atoms with Crippen LogP contribution in [0.2, 0.25) is 0 Å². The summed E-state index contributed by atoms with van der Waals surface area (Å²) in [6.45, 7) is 0. The van der Waals surface area contributed by atoms with Gasteiger partial charge in [-0.2, -0.15) is 0 Å². The number of aromatic nitrogens is 6. The predicted octanol–water partition coefficient (Wildman–Crippen LogP) is 2.93. The van der Waals surface area contributed by atoms with Gasteiger partial charge in [-0.05, 0) is 48.5 Å². The molecule has 2 aromatic carbocycles. The van der Waals surface area contributed by atoms with E-state index >= 15 is 0 Å². The Kier molecular flexibility index (Phi) is 15.6. The molecular formula is C24H24N8O8Zn+2. The Morgan fingerprint density at radius 1 is 0.537 bits per heavy atom. The summed E-state index contributed by atoms with van der Waals surface area (Å²) in [6, 6.07) is 23.8. The summed E-state index contributed by atoms with van der Waals surface area (Å²) in [5.74, 6) is 1.78. The number of aromatic amines is 2. The molecule has 0 aliphatic carbocycles. The zero-order chi connectivity index (χ0) is 27.3. The first kappa shape index (κ1) is 35.6. The van der Waals surface area contributed by atoms with Crippen LogP contribution >= 0.6 is 0 Å². The number of nitrogens with zero attached hydrogens (tertiary/aromatic N) is 6. The van der Waals surface area contributed by atoms with Gasteiger partial charge in [0.25, 0.3) is 0 Å².